The Morgan fingerprint density at radius 1 is 1.15 bits per heavy atom. The van der Waals surface area contributed by atoms with E-state index in [1.807, 2.05) is 24.3 Å². The first kappa shape index (κ1) is 17.0. The van der Waals surface area contributed by atoms with Crippen LogP contribution in [0.1, 0.15) is 11.1 Å². The molecule has 5 nitrogen and oxygen atoms in total. The summed E-state index contributed by atoms with van der Waals surface area (Å²) in [6, 6.07) is 16.6. The molecule has 134 valence electrons. The highest BCUT2D eigenvalue weighted by atomic mass is 32.2. The number of anilines is 1. The van der Waals surface area contributed by atoms with Gasteiger partial charge in [0, 0.05) is 12.7 Å². The van der Waals surface area contributed by atoms with Crippen molar-refractivity contribution < 1.29 is 14.3 Å². The molecule has 0 saturated carbocycles. The number of imide groups is 1. The SMILES string of the molecule is CN1c2ccccc2CC1COc1ccc(CC2SC(=O)NC2=O)cc1. The van der Waals surface area contributed by atoms with Gasteiger partial charge in [-0.05, 0) is 42.2 Å². The summed E-state index contributed by atoms with van der Waals surface area (Å²) in [7, 11) is 2.11. The van der Waals surface area contributed by atoms with Crippen LogP contribution in [0, 0.1) is 0 Å². The van der Waals surface area contributed by atoms with Gasteiger partial charge in [-0.1, -0.05) is 42.1 Å². The molecule has 0 aliphatic carbocycles. The fraction of sp³-hybridized carbons (Fsp3) is 0.300. The maximum atomic E-state index is 11.6. The highest BCUT2D eigenvalue weighted by Gasteiger charge is 2.31. The molecule has 4 rings (SSSR count). The zero-order valence-electron chi connectivity index (χ0n) is 14.5. The second-order valence-corrected chi connectivity index (χ2v) is 7.82. The Labute approximate surface area is 156 Å². The van der Waals surface area contributed by atoms with Gasteiger partial charge in [-0.25, -0.2) is 0 Å². The van der Waals surface area contributed by atoms with E-state index in [4.69, 9.17) is 4.74 Å². The van der Waals surface area contributed by atoms with Gasteiger partial charge in [0.05, 0.1) is 11.3 Å². The van der Waals surface area contributed by atoms with Gasteiger partial charge in [0.15, 0.2) is 0 Å². The van der Waals surface area contributed by atoms with E-state index >= 15 is 0 Å². The molecule has 2 amide bonds. The molecular weight excluding hydrogens is 348 g/mol. The number of ether oxygens (including phenoxy) is 1. The van der Waals surface area contributed by atoms with Crippen LogP contribution in [0.25, 0.3) is 0 Å². The minimum absolute atomic E-state index is 0.204. The molecule has 26 heavy (non-hydrogen) atoms. The van der Waals surface area contributed by atoms with Gasteiger partial charge in [-0.15, -0.1) is 0 Å². The molecule has 0 aromatic heterocycles. The Hall–Kier alpha value is -2.47. The number of nitrogens with zero attached hydrogens (tertiary/aromatic N) is 1. The van der Waals surface area contributed by atoms with Crippen molar-refractivity contribution in [2.45, 2.75) is 24.1 Å². The molecule has 0 bridgehead atoms. The summed E-state index contributed by atoms with van der Waals surface area (Å²) < 4.78 is 5.97. The van der Waals surface area contributed by atoms with Gasteiger partial charge in [-0.2, -0.15) is 0 Å². The fourth-order valence-electron chi connectivity index (χ4n) is 3.44. The molecule has 0 radical (unpaired) electrons. The van der Waals surface area contributed by atoms with E-state index < -0.39 is 0 Å². The first-order valence-electron chi connectivity index (χ1n) is 8.64. The second-order valence-electron chi connectivity index (χ2n) is 6.64. The van der Waals surface area contributed by atoms with Crippen molar-refractivity contribution in [2.75, 3.05) is 18.6 Å². The van der Waals surface area contributed by atoms with Crippen LogP contribution in [0.15, 0.2) is 48.5 Å². The Balaban J connectivity index is 1.32. The number of benzene rings is 2. The van der Waals surface area contributed by atoms with Gasteiger partial charge in [0.2, 0.25) is 5.91 Å². The van der Waals surface area contributed by atoms with Crippen LogP contribution in [0.3, 0.4) is 0 Å². The van der Waals surface area contributed by atoms with Gasteiger partial charge < -0.3 is 9.64 Å². The molecule has 2 unspecified atom stereocenters. The molecule has 2 aromatic rings. The van der Waals surface area contributed by atoms with Crippen LogP contribution < -0.4 is 15.0 Å². The maximum absolute atomic E-state index is 11.6. The average molecular weight is 368 g/mol. The minimum atomic E-state index is -0.333. The van der Waals surface area contributed by atoms with Gasteiger partial charge >= 0.3 is 0 Å². The van der Waals surface area contributed by atoms with Crippen LogP contribution in [0.4, 0.5) is 10.5 Å². The van der Waals surface area contributed by atoms with Crippen LogP contribution in [-0.4, -0.2) is 36.1 Å². The third-order valence-electron chi connectivity index (χ3n) is 4.93. The fourth-order valence-corrected chi connectivity index (χ4v) is 4.30. The number of hydrogen-bond acceptors (Lipinski definition) is 5. The summed E-state index contributed by atoms with van der Waals surface area (Å²) in [4.78, 5) is 25.2. The summed E-state index contributed by atoms with van der Waals surface area (Å²) in [6.07, 6.45) is 1.54. The molecule has 1 fully saturated rings. The molecule has 2 aliphatic rings. The molecule has 2 aromatic carbocycles. The lowest BCUT2D eigenvalue weighted by Gasteiger charge is -2.22. The predicted molar refractivity (Wildman–Crippen MR) is 103 cm³/mol. The van der Waals surface area contributed by atoms with Crippen molar-refractivity contribution in [3.63, 3.8) is 0 Å². The number of nitrogens with one attached hydrogen (secondary N) is 1. The van der Waals surface area contributed by atoms with Crippen LogP contribution in [0.2, 0.25) is 0 Å². The van der Waals surface area contributed by atoms with Crippen molar-refractivity contribution >= 4 is 28.6 Å². The number of carbonyl (C=O) groups excluding carboxylic acids is 2. The summed E-state index contributed by atoms with van der Waals surface area (Å²) in [5.74, 6) is 0.613. The van der Waals surface area contributed by atoms with Crippen LogP contribution >= 0.6 is 11.8 Å². The summed E-state index contributed by atoms with van der Waals surface area (Å²) in [6.45, 7) is 0.625. The van der Waals surface area contributed by atoms with E-state index in [9.17, 15) is 9.59 Å². The Morgan fingerprint density at radius 2 is 1.92 bits per heavy atom. The van der Waals surface area contributed by atoms with E-state index in [1.165, 1.54) is 11.3 Å². The molecule has 2 aliphatic heterocycles. The van der Waals surface area contributed by atoms with E-state index in [0.717, 1.165) is 29.5 Å². The third-order valence-corrected chi connectivity index (χ3v) is 5.91. The van der Waals surface area contributed by atoms with E-state index in [-0.39, 0.29) is 16.4 Å². The Morgan fingerprint density at radius 3 is 2.62 bits per heavy atom. The highest BCUT2D eigenvalue weighted by Crippen LogP contribution is 2.31. The summed E-state index contributed by atoms with van der Waals surface area (Å²) >= 11 is 1.06. The number of hydrogen-bond donors (Lipinski definition) is 1. The monoisotopic (exact) mass is 368 g/mol. The predicted octanol–water partition coefficient (Wildman–Crippen LogP) is 3.02. The topological polar surface area (TPSA) is 58.6 Å². The lowest BCUT2D eigenvalue weighted by molar-refractivity contribution is -0.118. The number of rotatable bonds is 5. The average Bonchev–Trinajstić information content (AvgIpc) is 3.13. The summed E-state index contributed by atoms with van der Waals surface area (Å²) in [5, 5.41) is 1.72. The van der Waals surface area contributed by atoms with Crippen LogP contribution in [-0.2, 0) is 17.6 Å². The van der Waals surface area contributed by atoms with E-state index in [0.29, 0.717) is 19.1 Å². The summed E-state index contributed by atoms with van der Waals surface area (Å²) in [5.41, 5.74) is 3.66. The highest BCUT2D eigenvalue weighted by molar-refractivity contribution is 8.15. The standard InChI is InChI=1S/C20H20N2O3S/c1-22-15(11-14-4-2-3-5-17(14)22)12-25-16-8-6-13(7-9-16)10-18-19(23)21-20(24)26-18/h2-9,15,18H,10-12H2,1H3,(H,21,23,24). The lowest BCUT2D eigenvalue weighted by Crippen LogP contribution is -2.33. The molecule has 0 spiro atoms. The second kappa shape index (κ2) is 7.03. The number of amides is 2. The normalized spacial score (nSPS) is 21.7. The van der Waals surface area contributed by atoms with Gasteiger partial charge in [0.1, 0.15) is 12.4 Å². The zero-order chi connectivity index (χ0) is 18.1. The molecular formula is C20H20N2O3S. The lowest BCUT2D eigenvalue weighted by atomic mass is 10.1. The van der Waals surface area contributed by atoms with Gasteiger partial charge in [0.25, 0.3) is 5.24 Å². The number of carbonyl (C=O) groups is 2. The zero-order valence-corrected chi connectivity index (χ0v) is 15.3. The molecule has 1 saturated heterocycles. The number of likely N-dealkylation sites (N-methyl/N-ethyl adjacent to an activating group) is 1. The molecule has 2 atom stereocenters. The maximum Gasteiger partial charge on any atom is 0.286 e. The number of thioether (sulfide) groups is 1. The van der Waals surface area contributed by atoms with Crippen molar-refractivity contribution in [1.29, 1.82) is 0 Å². The quantitative estimate of drug-likeness (QED) is 0.879. The van der Waals surface area contributed by atoms with E-state index in [1.54, 1.807) is 0 Å². The first-order chi connectivity index (χ1) is 12.6. The van der Waals surface area contributed by atoms with Crippen molar-refractivity contribution in [3.8, 4) is 5.75 Å². The first-order valence-corrected chi connectivity index (χ1v) is 9.52. The molecule has 1 N–H and O–H groups in total. The Kier molecular flexibility index (Phi) is 4.59. The Bertz CT molecular complexity index is 837. The smallest absolute Gasteiger partial charge is 0.286 e. The minimum Gasteiger partial charge on any atom is -0.491 e. The molecule has 2 heterocycles. The third kappa shape index (κ3) is 3.42. The van der Waals surface area contributed by atoms with Crippen molar-refractivity contribution in [1.82, 2.24) is 5.32 Å². The number of para-hydroxylation sites is 1. The van der Waals surface area contributed by atoms with Gasteiger partial charge in [-0.3, -0.25) is 14.9 Å². The van der Waals surface area contributed by atoms with Crippen molar-refractivity contribution in [2.24, 2.45) is 0 Å². The van der Waals surface area contributed by atoms with Crippen LogP contribution in [0.5, 0.6) is 5.75 Å². The largest absolute Gasteiger partial charge is 0.491 e. The molecule has 6 heteroatoms. The van der Waals surface area contributed by atoms with Crippen molar-refractivity contribution in [3.05, 3.63) is 59.7 Å². The van der Waals surface area contributed by atoms with E-state index in [2.05, 4.69) is 41.5 Å². The number of fused-ring (bicyclic) bond motifs is 1.